The highest BCUT2D eigenvalue weighted by molar-refractivity contribution is 6.29. The molecule has 0 amide bonds. The quantitative estimate of drug-likeness (QED) is 0.296. The lowest BCUT2D eigenvalue weighted by Gasteiger charge is -2.16. The van der Waals surface area contributed by atoms with Crippen molar-refractivity contribution in [2.24, 2.45) is 0 Å². The van der Waals surface area contributed by atoms with Crippen molar-refractivity contribution in [3.63, 3.8) is 0 Å². The van der Waals surface area contributed by atoms with Crippen LogP contribution in [0.15, 0.2) is 71.0 Å². The summed E-state index contributed by atoms with van der Waals surface area (Å²) in [6.07, 6.45) is 7.37. The van der Waals surface area contributed by atoms with Crippen LogP contribution in [-0.2, 0) is 9.59 Å². The van der Waals surface area contributed by atoms with E-state index in [0.717, 1.165) is 16.3 Å². The first-order chi connectivity index (χ1) is 15.4. The van der Waals surface area contributed by atoms with Crippen molar-refractivity contribution in [2.45, 2.75) is 6.92 Å². The monoisotopic (exact) mass is 426 g/mol. The van der Waals surface area contributed by atoms with Crippen molar-refractivity contribution in [3.8, 4) is 5.75 Å². The van der Waals surface area contributed by atoms with Crippen LogP contribution >= 0.6 is 0 Å². The third kappa shape index (κ3) is 4.17. The number of nitrogens with zero attached hydrogens (tertiary/aromatic N) is 1. The number of nitrogens with one attached hydrogen (secondary N) is 1. The van der Waals surface area contributed by atoms with Crippen LogP contribution in [0.25, 0.3) is 24.4 Å². The predicted octanol–water partition coefficient (Wildman–Crippen LogP) is 1.68. The van der Waals surface area contributed by atoms with E-state index in [1.807, 2.05) is 36.4 Å². The number of Topliss-reactive ketones (excluding diaryl/α,β-unsaturated/α-hetero) is 2. The summed E-state index contributed by atoms with van der Waals surface area (Å²) in [5, 5.41) is 0.179. The Morgan fingerprint density at radius 3 is 2.47 bits per heavy atom. The van der Waals surface area contributed by atoms with E-state index < -0.39 is 17.3 Å². The number of carbonyl (C=O) groups is 3. The second kappa shape index (κ2) is 8.69. The fourth-order valence-corrected chi connectivity index (χ4v) is 3.23. The van der Waals surface area contributed by atoms with Crippen LogP contribution in [0.2, 0.25) is 0 Å². The topological polar surface area (TPSA) is 98.2 Å². The number of esters is 1. The fourth-order valence-electron chi connectivity index (χ4n) is 3.23. The summed E-state index contributed by atoms with van der Waals surface area (Å²) in [5.41, 5.74) is 0.462. The summed E-state index contributed by atoms with van der Waals surface area (Å²) in [6, 6.07) is 15.9. The van der Waals surface area contributed by atoms with Gasteiger partial charge in [-0.25, -0.2) is 4.79 Å². The van der Waals surface area contributed by atoms with Crippen molar-refractivity contribution in [3.05, 3.63) is 98.6 Å². The minimum Gasteiger partial charge on any atom is -0.422 e. The molecule has 1 aromatic heterocycles. The van der Waals surface area contributed by atoms with Gasteiger partial charge in [0.2, 0.25) is 5.78 Å². The second-order valence-electron chi connectivity index (χ2n) is 7.05. The number of hydrogen-bond donors (Lipinski definition) is 1. The first-order valence-electron chi connectivity index (χ1n) is 9.78. The number of carbonyl (C=O) groups excluding carboxylic acids is 3. The average Bonchev–Trinajstić information content (AvgIpc) is 3.05. The number of aromatic amines is 1. The molecule has 2 heterocycles. The van der Waals surface area contributed by atoms with Gasteiger partial charge in [0, 0.05) is 12.3 Å². The number of allylic oxidation sites excluding steroid dienone is 1. The van der Waals surface area contributed by atoms with Gasteiger partial charge in [0.05, 0.1) is 5.56 Å². The van der Waals surface area contributed by atoms with E-state index in [4.69, 9.17) is 4.74 Å². The average molecular weight is 426 g/mol. The first kappa shape index (κ1) is 20.7. The molecule has 0 atom stereocenters. The van der Waals surface area contributed by atoms with E-state index in [-0.39, 0.29) is 33.5 Å². The molecule has 1 aliphatic heterocycles. The number of aromatic nitrogens is 2. The second-order valence-corrected chi connectivity index (χ2v) is 7.05. The molecule has 4 rings (SSSR count). The smallest absolute Gasteiger partial charge is 0.349 e. The Morgan fingerprint density at radius 1 is 1.00 bits per heavy atom. The summed E-state index contributed by atoms with van der Waals surface area (Å²) in [6.45, 7) is 1.33. The maximum Gasteiger partial charge on any atom is 0.349 e. The number of ether oxygens (including phenoxy) is 1. The number of rotatable bonds is 4. The molecule has 7 nitrogen and oxygen atoms in total. The number of ketones is 2. The van der Waals surface area contributed by atoms with Gasteiger partial charge in [0.15, 0.2) is 5.78 Å². The van der Waals surface area contributed by atoms with E-state index in [2.05, 4.69) is 4.98 Å². The molecule has 158 valence electrons. The Kier molecular flexibility index (Phi) is 5.63. The molecule has 3 aromatic rings. The highest BCUT2D eigenvalue weighted by Crippen LogP contribution is 2.27. The number of hydrogen-bond acceptors (Lipinski definition) is 5. The lowest BCUT2D eigenvalue weighted by atomic mass is 10.0. The van der Waals surface area contributed by atoms with Gasteiger partial charge in [0.25, 0.3) is 5.56 Å². The zero-order chi connectivity index (χ0) is 22.7. The molecular weight excluding hydrogens is 408 g/mol. The van der Waals surface area contributed by atoms with Crippen molar-refractivity contribution >= 4 is 42.0 Å². The lowest BCUT2D eigenvalue weighted by molar-refractivity contribution is -0.130. The molecule has 0 fully saturated rings. The van der Waals surface area contributed by atoms with E-state index >= 15 is 0 Å². The molecule has 2 aromatic carbocycles. The number of para-hydroxylation sites is 1. The Bertz CT molecular complexity index is 1470. The summed E-state index contributed by atoms with van der Waals surface area (Å²) < 4.78 is 6.28. The maximum atomic E-state index is 13.0. The Hall–Kier alpha value is -4.52. The first-order valence-corrected chi connectivity index (χ1v) is 9.78. The fraction of sp³-hybridized carbons (Fsp3) is 0.0400. The van der Waals surface area contributed by atoms with E-state index in [0.29, 0.717) is 0 Å². The molecule has 1 aliphatic rings. The minimum absolute atomic E-state index is 0.133. The van der Waals surface area contributed by atoms with Crippen molar-refractivity contribution in [1.29, 1.82) is 0 Å². The van der Waals surface area contributed by atoms with Gasteiger partial charge in [-0.15, -0.1) is 0 Å². The predicted molar refractivity (Wildman–Crippen MR) is 120 cm³/mol. The summed E-state index contributed by atoms with van der Waals surface area (Å²) in [5.74, 6) is -1.58. The van der Waals surface area contributed by atoms with Crippen molar-refractivity contribution in [1.82, 2.24) is 9.55 Å². The third-order valence-electron chi connectivity index (χ3n) is 4.72. The standard InChI is InChI=1S/C25H18N2O5/c1-16(28)14-22-26-20(12-7-10-17-8-3-2-4-9-17)24(30)27(22)15-19-23(29)18-11-5-6-13-21(18)32-25(19)31/h2-15,26H,1H3/b10-7+,19-15+,20-12-,22-14+. The molecular formula is C25H18N2O5. The van der Waals surface area contributed by atoms with Gasteiger partial charge in [-0.1, -0.05) is 54.6 Å². The summed E-state index contributed by atoms with van der Waals surface area (Å²) >= 11 is 0. The van der Waals surface area contributed by atoms with Gasteiger partial charge in [-0.05, 0) is 30.7 Å². The molecule has 0 bridgehead atoms. The molecule has 0 unspecified atom stereocenters. The zero-order valence-electron chi connectivity index (χ0n) is 17.1. The highest BCUT2D eigenvalue weighted by Gasteiger charge is 2.30. The number of fused-ring (bicyclic) bond motifs is 1. The van der Waals surface area contributed by atoms with E-state index in [1.54, 1.807) is 24.3 Å². The number of imidazole rings is 1. The maximum absolute atomic E-state index is 13.0. The van der Waals surface area contributed by atoms with Gasteiger partial charge in [0.1, 0.15) is 22.2 Å². The molecule has 1 N–H and O–H groups in total. The van der Waals surface area contributed by atoms with Gasteiger partial charge < -0.3 is 9.72 Å². The third-order valence-corrected chi connectivity index (χ3v) is 4.72. The van der Waals surface area contributed by atoms with Crippen LogP contribution in [0.3, 0.4) is 0 Å². The summed E-state index contributed by atoms with van der Waals surface area (Å²) in [7, 11) is 0. The Balaban J connectivity index is 1.82. The van der Waals surface area contributed by atoms with Crippen LogP contribution in [0.5, 0.6) is 5.75 Å². The van der Waals surface area contributed by atoms with Crippen LogP contribution < -0.4 is 21.1 Å². The lowest BCUT2D eigenvalue weighted by Crippen LogP contribution is -2.31. The molecule has 7 heteroatoms. The molecule has 0 radical (unpaired) electrons. The molecule has 0 saturated carbocycles. The highest BCUT2D eigenvalue weighted by atomic mass is 16.5. The van der Waals surface area contributed by atoms with Gasteiger partial charge in [-0.3, -0.25) is 19.0 Å². The van der Waals surface area contributed by atoms with Crippen LogP contribution in [-0.4, -0.2) is 27.1 Å². The van der Waals surface area contributed by atoms with E-state index in [9.17, 15) is 19.2 Å². The molecule has 32 heavy (non-hydrogen) atoms. The van der Waals surface area contributed by atoms with Crippen molar-refractivity contribution < 1.29 is 19.1 Å². The van der Waals surface area contributed by atoms with E-state index in [1.165, 1.54) is 25.1 Å². The van der Waals surface area contributed by atoms with Crippen LogP contribution in [0.4, 0.5) is 0 Å². The molecule has 0 spiro atoms. The number of benzene rings is 2. The largest absolute Gasteiger partial charge is 0.422 e. The molecule has 0 aliphatic carbocycles. The Morgan fingerprint density at radius 2 is 1.72 bits per heavy atom. The number of H-pyrrole nitrogens is 1. The zero-order valence-corrected chi connectivity index (χ0v) is 17.1. The van der Waals surface area contributed by atoms with Crippen LogP contribution in [0, 0.1) is 0 Å². The molecule has 0 saturated heterocycles. The van der Waals surface area contributed by atoms with Gasteiger partial charge >= 0.3 is 5.97 Å². The summed E-state index contributed by atoms with van der Waals surface area (Å²) in [4.78, 5) is 52.8. The van der Waals surface area contributed by atoms with Crippen LogP contribution in [0.1, 0.15) is 22.8 Å². The normalized spacial score (nSPS) is 16.0. The van der Waals surface area contributed by atoms with Crippen molar-refractivity contribution in [2.75, 3.05) is 0 Å². The van der Waals surface area contributed by atoms with Gasteiger partial charge in [-0.2, -0.15) is 0 Å². The SMILES string of the molecule is CC(=O)/C=c1\[nH]/c(=C\C=C\c2ccccc2)c(=O)n1/C=C1/C(=O)Oc2ccccc2C1=O. The Labute approximate surface area is 182 Å². The minimum atomic E-state index is -0.870.